The molecule has 0 atom stereocenters. The molecule has 0 spiro atoms. The van der Waals surface area contributed by atoms with E-state index >= 15 is 0 Å². The van der Waals surface area contributed by atoms with Gasteiger partial charge in [-0.2, -0.15) is 0 Å². The van der Waals surface area contributed by atoms with Crippen molar-refractivity contribution in [2.75, 3.05) is 18.7 Å². The molecule has 0 radical (unpaired) electrons. The molecule has 1 heterocycles. The third kappa shape index (κ3) is 3.55. The number of para-hydroxylation sites is 1. The number of carbonyl (C=O) groups is 1. The number of carbonyl (C=O) groups excluding carboxylic acids is 1. The maximum absolute atomic E-state index is 12.3. The van der Waals surface area contributed by atoms with Crippen LogP contribution in [-0.2, 0) is 6.54 Å². The molecule has 2 aromatic rings. The molecule has 5 heteroatoms. The van der Waals surface area contributed by atoms with Gasteiger partial charge in [0.15, 0.2) is 11.5 Å². The van der Waals surface area contributed by atoms with Gasteiger partial charge in [-0.3, -0.25) is 4.79 Å². The van der Waals surface area contributed by atoms with Crippen molar-refractivity contribution in [3.05, 3.63) is 53.1 Å². The maximum atomic E-state index is 12.3. The quantitative estimate of drug-likeness (QED) is 0.847. The van der Waals surface area contributed by atoms with Crippen LogP contribution >= 0.6 is 0 Å². The van der Waals surface area contributed by atoms with E-state index in [1.54, 1.807) is 0 Å². The van der Waals surface area contributed by atoms with Crippen molar-refractivity contribution < 1.29 is 14.3 Å². The Hall–Kier alpha value is -2.69. The van der Waals surface area contributed by atoms with Crippen LogP contribution in [0.3, 0.4) is 0 Å². The number of benzene rings is 2. The third-order valence-electron chi connectivity index (χ3n) is 4.70. The first kappa shape index (κ1) is 15.8. The average molecular weight is 338 g/mol. The van der Waals surface area contributed by atoms with E-state index in [2.05, 4.69) is 10.6 Å². The number of fused-ring (bicyclic) bond motifs is 1. The van der Waals surface area contributed by atoms with E-state index in [4.69, 9.17) is 9.47 Å². The Morgan fingerprint density at radius 2 is 2.08 bits per heavy atom. The SMILES string of the molecule is Cc1ccc(C(=O)NCC2CC2)cc1NCc1cccc2c1OCO2. The highest BCUT2D eigenvalue weighted by molar-refractivity contribution is 5.95. The van der Waals surface area contributed by atoms with Crippen LogP contribution in [-0.4, -0.2) is 19.2 Å². The van der Waals surface area contributed by atoms with E-state index in [9.17, 15) is 4.79 Å². The monoisotopic (exact) mass is 338 g/mol. The highest BCUT2D eigenvalue weighted by atomic mass is 16.7. The first-order valence-corrected chi connectivity index (χ1v) is 8.71. The lowest BCUT2D eigenvalue weighted by Crippen LogP contribution is -2.25. The first-order valence-electron chi connectivity index (χ1n) is 8.71. The Morgan fingerprint density at radius 1 is 1.20 bits per heavy atom. The van der Waals surface area contributed by atoms with Gasteiger partial charge in [0.05, 0.1) is 0 Å². The van der Waals surface area contributed by atoms with Crippen molar-refractivity contribution in [3.8, 4) is 11.5 Å². The zero-order valence-electron chi connectivity index (χ0n) is 14.3. The van der Waals surface area contributed by atoms with Crippen molar-refractivity contribution >= 4 is 11.6 Å². The molecule has 130 valence electrons. The molecule has 2 N–H and O–H groups in total. The van der Waals surface area contributed by atoms with Gasteiger partial charge < -0.3 is 20.1 Å². The summed E-state index contributed by atoms with van der Waals surface area (Å²) in [6, 6.07) is 11.6. The molecule has 4 rings (SSSR count). The molecule has 2 aliphatic rings. The Labute approximate surface area is 147 Å². The van der Waals surface area contributed by atoms with Gasteiger partial charge in [0.1, 0.15) is 0 Å². The van der Waals surface area contributed by atoms with E-state index in [1.165, 1.54) is 12.8 Å². The molecule has 2 aromatic carbocycles. The zero-order valence-corrected chi connectivity index (χ0v) is 14.3. The van der Waals surface area contributed by atoms with E-state index in [1.807, 2.05) is 43.3 Å². The number of ether oxygens (including phenoxy) is 2. The van der Waals surface area contributed by atoms with Crippen molar-refractivity contribution in [1.82, 2.24) is 5.32 Å². The summed E-state index contributed by atoms with van der Waals surface area (Å²) in [4.78, 5) is 12.3. The van der Waals surface area contributed by atoms with Gasteiger partial charge in [-0.05, 0) is 49.4 Å². The minimum atomic E-state index is -0.00714. The molecule has 25 heavy (non-hydrogen) atoms. The number of hydrogen-bond donors (Lipinski definition) is 2. The summed E-state index contributed by atoms with van der Waals surface area (Å²) < 4.78 is 11.0. The lowest BCUT2D eigenvalue weighted by molar-refractivity contribution is 0.0952. The molecule has 0 aromatic heterocycles. The summed E-state index contributed by atoms with van der Waals surface area (Å²) in [5.74, 6) is 2.25. The highest BCUT2D eigenvalue weighted by Gasteiger charge is 2.22. The van der Waals surface area contributed by atoms with E-state index < -0.39 is 0 Å². The number of hydrogen-bond acceptors (Lipinski definition) is 4. The first-order chi connectivity index (χ1) is 12.2. The number of amides is 1. The molecular weight excluding hydrogens is 316 g/mol. The molecule has 1 fully saturated rings. The van der Waals surface area contributed by atoms with Gasteiger partial charge in [-0.1, -0.05) is 18.2 Å². The van der Waals surface area contributed by atoms with Crippen molar-refractivity contribution in [2.24, 2.45) is 5.92 Å². The topological polar surface area (TPSA) is 59.6 Å². The molecule has 1 saturated carbocycles. The standard InChI is InChI=1S/C20H22N2O3/c1-13-5-8-15(20(23)22-10-14-6-7-14)9-17(13)21-11-16-3-2-4-18-19(16)25-12-24-18/h2-5,8-9,14,21H,6-7,10-12H2,1H3,(H,22,23). The fraction of sp³-hybridized carbons (Fsp3) is 0.350. The van der Waals surface area contributed by atoms with Gasteiger partial charge in [0.2, 0.25) is 6.79 Å². The van der Waals surface area contributed by atoms with Crippen molar-refractivity contribution in [2.45, 2.75) is 26.3 Å². The van der Waals surface area contributed by atoms with Crippen LogP contribution in [0.25, 0.3) is 0 Å². The molecular formula is C20H22N2O3. The van der Waals surface area contributed by atoms with E-state index in [0.717, 1.165) is 34.9 Å². The van der Waals surface area contributed by atoms with Crippen LogP contribution < -0.4 is 20.1 Å². The Kier molecular flexibility index (Phi) is 4.22. The maximum Gasteiger partial charge on any atom is 0.251 e. The fourth-order valence-corrected chi connectivity index (χ4v) is 2.94. The Morgan fingerprint density at radius 3 is 2.92 bits per heavy atom. The smallest absolute Gasteiger partial charge is 0.251 e. The Bertz CT molecular complexity index is 800. The van der Waals surface area contributed by atoms with Crippen LogP contribution in [0.1, 0.15) is 34.3 Å². The minimum Gasteiger partial charge on any atom is -0.454 e. The molecule has 1 amide bonds. The van der Waals surface area contributed by atoms with Crippen LogP contribution in [0.15, 0.2) is 36.4 Å². The second-order valence-electron chi connectivity index (χ2n) is 6.69. The van der Waals surface area contributed by atoms with Crippen molar-refractivity contribution in [1.29, 1.82) is 0 Å². The molecule has 1 aliphatic carbocycles. The lowest BCUT2D eigenvalue weighted by Gasteiger charge is -2.13. The predicted octanol–water partition coefficient (Wildman–Crippen LogP) is 3.48. The molecule has 1 aliphatic heterocycles. The van der Waals surface area contributed by atoms with Gasteiger partial charge in [0, 0.05) is 29.9 Å². The number of aryl methyl sites for hydroxylation is 1. The van der Waals surface area contributed by atoms with Crippen LogP contribution in [0.5, 0.6) is 11.5 Å². The summed E-state index contributed by atoms with van der Waals surface area (Å²) >= 11 is 0. The summed E-state index contributed by atoms with van der Waals surface area (Å²) in [5, 5.41) is 6.43. The van der Waals surface area contributed by atoms with Crippen LogP contribution in [0.4, 0.5) is 5.69 Å². The number of anilines is 1. The fourth-order valence-electron chi connectivity index (χ4n) is 2.94. The van der Waals surface area contributed by atoms with E-state index in [-0.39, 0.29) is 12.7 Å². The van der Waals surface area contributed by atoms with E-state index in [0.29, 0.717) is 18.0 Å². The largest absolute Gasteiger partial charge is 0.454 e. The average Bonchev–Trinajstić information content (AvgIpc) is 3.33. The summed E-state index contributed by atoms with van der Waals surface area (Å²) in [6.45, 7) is 3.69. The van der Waals surface area contributed by atoms with Gasteiger partial charge in [-0.15, -0.1) is 0 Å². The van der Waals surface area contributed by atoms with Gasteiger partial charge in [-0.25, -0.2) is 0 Å². The zero-order chi connectivity index (χ0) is 17.2. The van der Waals surface area contributed by atoms with Crippen LogP contribution in [0, 0.1) is 12.8 Å². The van der Waals surface area contributed by atoms with Gasteiger partial charge in [0.25, 0.3) is 5.91 Å². The highest BCUT2D eigenvalue weighted by Crippen LogP contribution is 2.35. The molecule has 5 nitrogen and oxygen atoms in total. The normalized spacial score (nSPS) is 15.1. The van der Waals surface area contributed by atoms with Gasteiger partial charge >= 0.3 is 0 Å². The summed E-state index contributed by atoms with van der Waals surface area (Å²) in [5.41, 5.74) is 3.78. The summed E-state index contributed by atoms with van der Waals surface area (Å²) in [7, 11) is 0. The molecule has 0 saturated heterocycles. The second kappa shape index (κ2) is 6.67. The molecule has 0 unspecified atom stereocenters. The minimum absolute atomic E-state index is 0.00714. The van der Waals surface area contributed by atoms with Crippen molar-refractivity contribution in [3.63, 3.8) is 0 Å². The van der Waals surface area contributed by atoms with Crippen LogP contribution in [0.2, 0.25) is 0 Å². The third-order valence-corrected chi connectivity index (χ3v) is 4.70. The number of rotatable bonds is 6. The molecule has 0 bridgehead atoms. The lowest BCUT2D eigenvalue weighted by atomic mass is 10.1. The second-order valence-corrected chi connectivity index (χ2v) is 6.69. The Balaban J connectivity index is 1.45. The summed E-state index contributed by atoms with van der Waals surface area (Å²) in [6.07, 6.45) is 2.46. The predicted molar refractivity (Wildman–Crippen MR) is 96.1 cm³/mol. The number of nitrogens with one attached hydrogen (secondary N) is 2.